The van der Waals surface area contributed by atoms with Crippen LogP contribution in [0.15, 0.2) is 27.9 Å². The summed E-state index contributed by atoms with van der Waals surface area (Å²) in [5, 5.41) is 4.66. The molecule has 1 saturated heterocycles. The second kappa shape index (κ2) is 9.94. The van der Waals surface area contributed by atoms with E-state index >= 15 is 0 Å². The highest BCUT2D eigenvalue weighted by Crippen LogP contribution is 2.33. The van der Waals surface area contributed by atoms with Crippen LogP contribution in [0.4, 0.5) is 0 Å². The normalized spacial score (nSPS) is 15.5. The number of H-pyrrole nitrogens is 1. The Kier molecular flexibility index (Phi) is 7.14. The largest absolute Gasteiger partial charge is 0.493 e. The Bertz CT molecular complexity index is 1420. The fourth-order valence-electron chi connectivity index (χ4n) is 4.69. The van der Waals surface area contributed by atoms with Crippen molar-refractivity contribution in [3.63, 3.8) is 0 Å². The Morgan fingerprint density at radius 2 is 1.94 bits per heavy atom. The number of benzene rings is 1. The van der Waals surface area contributed by atoms with E-state index in [0.717, 1.165) is 25.5 Å². The van der Waals surface area contributed by atoms with Crippen LogP contribution in [0.25, 0.3) is 16.9 Å². The van der Waals surface area contributed by atoms with Crippen LogP contribution in [0, 0.1) is 12.8 Å². The first-order chi connectivity index (χ1) is 16.7. The number of piperidine rings is 1. The summed E-state index contributed by atoms with van der Waals surface area (Å²) < 4.78 is 35.6. The fraction of sp³-hybridized carbons (Fsp3) is 0.480. The quantitative estimate of drug-likeness (QED) is 0.473. The maximum Gasteiger partial charge on any atom is 0.275 e. The van der Waals surface area contributed by atoms with Gasteiger partial charge in [-0.3, -0.25) is 9.59 Å². The molecule has 1 aliphatic heterocycles. The number of hydrogen-bond acceptors (Lipinski definition) is 6. The topological polar surface area (TPSA) is 114 Å². The smallest absolute Gasteiger partial charge is 0.275 e. The summed E-state index contributed by atoms with van der Waals surface area (Å²) in [7, 11) is -3.72. The zero-order chi connectivity index (χ0) is 25.3. The average molecular weight is 501 g/mol. The van der Waals surface area contributed by atoms with E-state index in [2.05, 4.69) is 17.0 Å². The average Bonchev–Trinajstić information content (AvgIpc) is 3.11. The molecule has 0 spiro atoms. The molecule has 1 N–H and O–H groups in total. The molecule has 4 rings (SSSR count). The third-order valence-corrected chi connectivity index (χ3v) is 8.57. The van der Waals surface area contributed by atoms with Gasteiger partial charge in [0.15, 0.2) is 12.1 Å². The molecular formula is C25H32N4O5S. The number of nitrogens with zero attached hydrogens (tertiary/aromatic N) is 3. The standard InChI is InChI=1S/C25H32N4O5S/c1-5-7-21-20(15-30)17(4)23-25(31)26-24(27-29(21)23)19-14-18(8-9-22(19)34-6-2)35(32,33)28-12-10-16(3)11-13-28/h8-9,14-16H,5-7,10-13H2,1-4H3,(H,26,27,31). The second-order valence-electron chi connectivity index (χ2n) is 9.09. The van der Waals surface area contributed by atoms with Gasteiger partial charge in [-0.05, 0) is 62.8 Å². The van der Waals surface area contributed by atoms with Gasteiger partial charge in [-0.15, -0.1) is 5.10 Å². The number of aromatic amines is 1. The molecule has 0 aliphatic carbocycles. The third-order valence-electron chi connectivity index (χ3n) is 6.68. The van der Waals surface area contributed by atoms with Crippen LogP contribution in [0.3, 0.4) is 0 Å². The van der Waals surface area contributed by atoms with Gasteiger partial charge in [0.05, 0.1) is 22.8 Å². The first-order valence-corrected chi connectivity index (χ1v) is 13.5. The summed E-state index contributed by atoms with van der Waals surface area (Å²) in [4.78, 5) is 27.8. The molecule has 1 aliphatic rings. The van der Waals surface area contributed by atoms with Crippen molar-refractivity contribution in [3.8, 4) is 17.1 Å². The van der Waals surface area contributed by atoms with Crippen LogP contribution in [0.1, 0.15) is 61.6 Å². The van der Waals surface area contributed by atoms with Crippen LogP contribution in [0.2, 0.25) is 0 Å². The van der Waals surface area contributed by atoms with Crippen molar-refractivity contribution in [1.82, 2.24) is 18.9 Å². The molecule has 0 unspecified atom stereocenters. The number of hydrogen-bond donors (Lipinski definition) is 1. The van der Waals surface area contributed by atoms with Gasteiger partial charge in [0.25, 0.3) is 5.56 Å². The molecule has 0 atom stereocenters. The van der Waals surface area contributed by atoms with E-state index in [4.69, 9.17) is 4.74 Å². The molecule has 1 fully saturated rings. The van der Waals surface area contributed by atoms with Gasteiger partial charge in [0, 0.05) is 18.7 Å². The molecule has 2 aromatic heterocycles. The lowest BCUT2D eigenvalue weighted by molar-refractivity contribution is 0.112. The minimum absolute atomic E-state index is 0.124. The molecule has 0 radical (unpaired) electrons. The highest BCUT2D eigenvalue weighted by atomic mass is 32.2. The predicted octanol–water partition coefficient (Wildman–Crippen LogP) is 3.58. The summed E-state index contributed by atoms with van der Waals surface area (Å²) in [5.74, 6) is 1.09. The van der Waals surface area contributed by atoms with Crippen LogP contribution in [-0.2, 0) is 16.4 Å². The summed E-state index contributed by atoms with van der Waals surface area (Å²) in [6.45, 7) is 8.98. The fourth-order valence-corrected chi connectivity index (χ4v) is 6.18. The van der Waals surface area contributed by atoms with Crippen molar-refractivity contribution < 1.29 is 17.9 Å². The maximum absolute atomic E-state index is 13.4. The highest BCUT2D eigenvalue weighted by molar-refractivity contribution is 7.89. The van der Waals surface area contributed by atoms with Crippen molar-refractivity contribution in [2.75, 3.05) is 19.7 Å². The number of sulfonamides is 1. The van der Waals surface area contributed by atoms with Crippen LogP contribution in [0.5, 0.6) is 5.75 Å². The molecule has 0 amide bonds. The highest BCUT2D eigenvalue weighted by Gasteiger charge is 2.29. The monoisotopic (exact) mass is 500 g/mol. The number of aromatic nitrogens is 3. The zero-order valence-corrected chi connectivity index (χ0v) is 21.4. The van der Waals surface area contributed by atoms with E-state index in [0.29, 0.717) is 65.7 Å². The number of aldehydes is 1. The lowest BCUT2D eigenvalue weighted by Crippen LogP contribution is -2.37. The summed E-state index contributed by atoms with van der Waals surface area (Å²) in [6, 6.07) is 4.65. The molecule has 0 bridgehead atoms. The number of aryl methyl sites for hydroxylation is 2. The Hall–Kier alpha value is -2.98. The molecule has 188 valence electrons. The predicted molar refractivity (Wildman–Crippen MR) is 134 cm³/mol. The number of fused-ring (bicyclic) bond motifs is 1. The number of carbonyl (C=O) groups is 1. The van der Waals surface area contributed by atoms with Gasteiger partial charge < -0.3 is 9.72 Å². The minimum Gasteiger partial charge on any atom is -0.493 e. The molecule has 35 heavy (non-hydrogen) atoms. The Labute approximate surface area is 205 Å². The Balaban J connectivity index is 1.90. The van der Waals surface area contributed by atoms with Crippen molar-refractivity contribution in [2.45, 2.75) is 58.3 Å². The van der Waals surface area contributed by atoms with Crippen molar-refractivity contribution in [1.29, 1.82) is 0 Å². The third kappa shape index (κ3) is 4.52. The first-order valence-electron chi connectivity index (χ1n) is 12.1. The number of carbonyl (C=O) groups excluding carboxylic acids is 1. The first kappa shape index (κ1) is 25.1. The molecule has 3 aromatic rings. The van der Waals surface area contributed by atoms with Crippen molar-refractivity contribution in [3.05, 3.63) is 45.4 Å². The van der Waals surface area contributed by atoms with Gasteiger partial charge in [-0.2, -0.15) is 4.31 Å². The molecule has 10 heteroatoms. The Morgan fingerprint density at radius 3 is 2.57 bits per heavy atom. The van der Waals surface area contributed by atoms with E-state index in [9.17, 15) is 18.0 Å². The molecule has 3 heterocycles. The van der Waals surface area contributed by atoms with E-state index in [1.807, 2.05) is 13.8 Å². The van der Waals surface area contributed by atoms with Gasteiger partial charge >= 0.3 is 0 Å². The van der Waals surface area contributed by atoms with E-state index in [-0.39, 0.29) is 10.7 Å². The lowest BCUT2D eigenvalue weighted by atomic mass is 10.0. The minimum atomic E-state index is -3.72. The van der Waals surface area contributed by atoms with Crippen molar-refractivity contribution >= 4 is 21.8 Å². The second-order valence-corrected chi connectivity index (χ2v) is 11.0. The lowest BCUT2D eigenvalue weighted by Gasteiger charge is -2.29. The Morgan fingerprint density at radius 1 is 1.23 bits per heavy atom. The van der Waals surface area contributed by atoms with Crippen LogP contribution in [-0.4, -0.2) is 53.3 Å². The molecule has 0 saturated carbocycles. The SMILES string of the molecule is CCCc1c(C=O)c(C)c2c(=O)[nH]c(-c3cc(S(=O)(=O)N4CCC(C)CC4)ccc3OCC)nn12. The molecule has 1 aromatic carbocycles. The summed E-state index contributed by atoms with van der Waals surface area (Å²) >= 11 is 0. The van der Waals surface area contributed by atoms with Crippen LogP contribution >= 0.6 is 0 Å². The van der Waals surface area contributed by atoms with E-state index < -0.39 is 15.6 Å². The summed E-state index contributed by atoms with van der Waals surface area (Å²) in [6.07, 6.45) is 3.73. The number of rotatable bonds is 8. The number of ether oxygens (including phenoxy) is 1. The van der Waals surface area contributed by atoms with E-state index in [1.165, 1.54) is 21.0 Å². The zero-order valence-electron chi connectivity index (χ0n) is 20.6. The van der Waals surface area contributed by atoms with Crippen LogP contribution < -0.4 is 10.3 Å². The van der Waals surface area contributed by atoms with Crippen molar-refractivity contribution in [2.24, 2.45) is 5.92 Å². The molecule has 9 nitrogen and oxygen atoms in total. The van der Waals surface area contributed by atoms with Gasteiger partial charge in [0.1, 0.15) is 11.3 Å². The maximum atomic E-state index is 13.4. The van der Waals surface area contributed by atoms with Gasteiger partial charge in [0.2, 0.25) is 10.0 Å². The molecular weight excluding hydrogens is 468 g/mol. The van der Waals surface area contributed by atoms with Gasteiger partial charge in [-0.25, -0.2) is 12.9 Å². The summed E-state index contributed by atoms with van der Waals surface area (Å²) in [5.41, 5.74) is 1.97. The van der Waals surface area contributed by atoms with Gasteiger partial charge in [-0.1, -0.05) is 20.3 Å². The van der Waals surface area contributed by atoms with E-state index in [1.54, 1.807) is 13.0 Å². The number of nitrogens with one attached hydrogen (secondary N) is 1.